The van der Waals surface area contributed by atoms with Gasteiger partial charge in [0.05, 0.1) is 6.07 Å². The molecule has 2 rings (SSSR count). The van der Waals surface area contributed by atoms with Crippen LogP contribution in [-0.4, -0.2) is 36.7 Å². The van der Waals surface area contributed by atoms with E-state index in [1.54, 1.807) is 11.9 Å². The quantitative estimate of drug-likeness (QED) is 0.913. The summed E-state index contributed by atoms with van der Waals surface area (Å²) in [5.74, 6) is 0. The first-order chi connectivity index (χ1) is 9.69. The second-order valence-corrected chi connectivity index (χ2v) is 4.97. The van der Waals surface area contributed by atoms with Crippen LogP contribution in [-0.2, 0) is 11.3 Å². The summed E-state index contributed by atoms with van der Waals surface area (Å²) in [6, 6.07) is 11.9. The largest absolute Gasteiger partial charge is 0.445 e. The van der Waals surface area contributed by atoms with Crippen LogP contribution in [0.1, 0.15) is 18.4 Å². The van der Waals surface area contributed by atoms with Gasteiger partial charge in [0.2, 0.25) is 0 Å². The van der Waals surface area contributed by atoms with Crippen molar-refractivity contribution in [2.24, 2.45) is 0 Å². The van der Waals surface area contributed by atoms with Crippen LogP contribution in [0, 0.1) is 11.3 Å². The van der Waals surface area contributed by atoms with E-state index in [9.17, 15) is 10.1 Å². The second-order valence-electron chi connectivity index (χ2n) is 4.97. The molecule has 1 amide bonds. The zero-order chi connectivity index (χ0) is 14.4. The molecule has 5 nitrogen and oxygen atoms in total. The van der Waals surface area contributed by atoms with Crippen molar-refractivity contribution in [2.45, 2.75) is 25.0 Å². The predicted octanol–water partition coefficient (Wildman–Crippen LogP) is 1.90. The lowest BCUT2D eigenvalue weighted by molar-refractivity contribution is 0.0805. The average Bonchev–Trinajstić information content (AvgIpc) is 2.53. The summed E-state index contributed by atoms with van der Waals surface area (Å²) in [6.07, 6.45) is 0.942. The third-order valence-electron chi connectivity index (χ3n) is 3.77. The molecule has 0 spiro atoms. The fourth-order valence-corrected chi connectivity index (χ4v) is 2.30. The van der Waals surface area contributed by atoms with Crippen molar-refractivity contribution in [1.82, 2.24) is 10.2 Å². The Balaban J connectivity index is 1.82. The molecular weight excluding hydrogens is 254 g/mol. The normalized spacial score (nSPS) is 17.3. The van der Waals surface area contributed by atoms with Gasteiger partial charge in [-0.2, -0.15) is 5.26 Å². The van der Waals surface area contributed by atoms with Gasteiger partial charge >= 0.3 is 6.09 Å². The molecule has 1 aromatic carbocycles. The van der Waals surface area contributed by atoms with Crippen molar-refractivity contribution in [3.8, 4) is 6.07 Å². The summed E-state index contributed by atoms with van der Waals surface area (Å²) >= 11 is 0. The number of piperidine rings is 1. The number of nitrogens with zero attached hydrogens (tertiary/aromatic N) is 2. The molecule has 1 aromatic rings. The zero-order valence-corrected chi connectivity index (χ0v) is 11.6. The lowest BCUT2D eigenvalue weighted by Crippen LogP contribution is -2.52. The molecule has 0 radical (unpaired) electrons. The average molecular weight is 273 g/mol. The first-order valence-electron chi connectivity index (χ1n) is 6.75. The monoisotopic (exact) mass is 273 g/mol. The molecule has 1 fully saturated rings. The Bertz CT molecular complexity index is 488. The van der Waals surface area contributed by atoms with E-state index >= 15 is 0 Å². The third-order valence-corrected chi connectivity index (χ3v) is 3.77. The zero-order valence-electron chi connectivity index (χ0n) is 11.6. The fraction of sp³-hybridized carbons (Fsp3) is 0.467. The molecule has 1 aliphatic rings. The third kappa shape index (κ3) is 3.28. The number of nitriles is 1. The Kier molecular flexibility index (Phi) is 4.59. The van der Waals surface area contributed by atoms with Gasteiger partial charge < -0.3 is 15.0 Å². The SMILES string of the molecule is CNC1(C#N)CCN(C(=O)OCc2ccccc2)CC1. The molecule has 1 N–H and O–H groups in total. The van der Waals surface area contributed by atoms with Crippen LogP contribution < -0.4 is 5.32 Å². The molecule has 0 aliphatic carbocycles. The van der Waals surface area contributed by atoms with Gasteiger partial charge in [-0.05, 0) is 25.5 Å². The van der Waals surface area contributed by atoms with Crippen LogP contribution in [0.4, 0.5) is 4.79 Å². The van der Waals surface area contributed by atoms with E-state index in [0.29, 0.717) is 25.9 Å². The van der Waals surface area contributed by atoms with Gasteiger partial charge in [0.15, 0.2) is 0 Å². The lowest BCUT2D eigenvalue weighted by atomic mass is 9.89. The Hall–Kier alpha value is -2.06. The lowest BCUT2D eigenvalue weighted by Gasteiger charge is -2.36. The molecule has 0 unspecified atom stereocenters. The molecule has 1 saturated heterocycles. The minimum atomic E-state index is -0.504. The van der Waals surface area contributed by atoms with Crippen LogP contribution in [0.15, 0.2) is 30.3 Å². The highest BCUT2D eigenvalue weighted by atomic mass is 16.6. The van der Waals surface area contributed by atoms with Crippen LogP contribution in [0.25, 0.3) is 0 Å². The number of nitrogens with one attached hydrogen (secondary N) is 1. The number of likely N-dealkylation sites (tertiary alicyclic amines) is 1. The van der Waals surface area contributed by atoms with Crippen LogP contribution in [0.5, 0.6) is 0 Å². The topological polar surface area (TPSA) is 65.4 Å². The van der Waals surface area contributed by atoms with Crippen LogP contribution in [0.3, 0.4) is 0 Å². The van der Waals surface area contributed by atoms with Crippen molar-refractivity contribution in [2.75, 3.05) is 20.1 Å². The summed E-state index contributed by atoms with van der Waals surface area (Å²) in [5, 5.41) is 12.2. The molecule has 106 valence electrons. The summed E-state index contributed by atoms with van der Waals surface area (Å²) in [6.45, 7) is 1.37. The van der Waals surface area contributed by atoms with Gasteiger partial charge in [0.25, 0.3) is 0 Å². The molecule has 1 heterocycles. The minimum Gasteiger partial charge on any atom is -0.445 e. The highest BCUT2D eigenvalue weighted by molar-refractivity contribution is 5.67. The number of rotatable bonds is 3. The van der Waals surface area contributed by atoms with Gasteiger partial charge in [0.1, 0.15) is 12.1 Å². The second kappa shape index (κ2) is 6.40. The van der Waals surface area contributed by atoms with E-state index in [-0.39, 0.29) is 12.7 Å². The van der Waals surface area contributed by atoms with E-state index in [1.807, 2.05) is 30.3 Å². The summed E-state index contributed by atoms with van der Waals surface area (Å²) in [5.41, 5.74) is 0.468. The van der Waals surface area contributed by atoms with Crippen LogP contribution in [0.2, 0.25) is 0 Å². The highest BCUT2D eigenvalue weighted by Crippen LogP contribution is 2.21. The summed E-state index contributed by atoms with van der Waals surface area (Å²) in [7, 11) is 1.78. The molecule has 0 saturated carbocycles. The van der Waals surface area contributed by atoms with E-state index in [0.717, 1.165) is 5.56 Å². The molecule has 0 aromatic heterocycles. The van der Waals surface area contributed by atoms with Gasteiger partial charge in [-0.25, -0.2) is 4.79 Å². The molecule has 0 atom stereocenters. The number of ether oxygens (including phenoxy) is 1. The summed E-state index contributed by atoms with van der Waals surface area (Å²) < 4.78 is 5.29. The number of amides is 1. The fourth-order valence-electron chi connectivity index (χ4n) is 2.30. The Morgan fingerprint density at radius 3 is 2.60 bits per heavy atom. The van der Waals surface area contributed by atoms with Crippen molar-refractivity contribution in [1.29, 1.82) is 5.26 Å². The number of hydrogen-bond donors (Lipinski definition) is 1. The number of carbonyl (C=O) groups excluding carboxylic acids is 1. The van der Waals surface area contributed by atoms with E-state index < -0.39 is 5.54 Å². The minimum absolute atomic E-state index is 0.283. The van der Waals surface area contributed by atoms with Gasteiger partial charge in [-0.3, -0.25) is 0 Å². The molecular formula is C15H19N3O2. The van der Waals surface area contributed by atoms with Gasteiger partial charge in [-0.15, -0.1) is 0 Å². The Morgan fingerprint density at radius 2 is 2.05 bits per heavy atom. The van der Waals surface area contributed by atoms with Gasteiger partial charge in [-0.1, -0.05) is 30.3 Å². The molecule has 5 heteroatoms. The Morgan fingerprint density at radius 1 is 1.40 bits per heavy atom. The van der Waals surface area contributed by atoms with Gasteiger partial charge in [0, 0.05) is 13.1 Å². The molecule has 1 aliphatic heterocycles. The first kappa shape index (κ1) is 14.4. The van der Waals surface area contributed by atoms with Crippen LogP contribution >= 0.6 is 0 Å². The van der Waals surface area contributed by atoms with E-state index in [1.165, 1.54) is 0 Å². The van der Waals surface area contributed by atoms with Crippen molar-refractivity contribution >= 4 is 6.09 Å². The van der Waals surface area contributed by atoms with Crippen molar-refractivity contribution < 1.29 is 9.53 Å². The first-order valence-corrected chi connectivity index (χ1v) is 6.75. The van der Waals surface area contributed by atoms with Crippen molar-refractivity contribution in [3.05, 3.63) is 35.9 Å². The predicted molar refractivity (Wildman–Crippen MR) is 74.8 cm³/mol. The van der Waals surface area contributed by atoms with E-state index in [2.05, 4.69) is 11.4 Å². The number of benzene rings is 1. The standard InChI is InChI=1S/C15H19N3O2/c1-17-15(12-16)7-9-18(10-8-15)14(19)20-11-13-5-3-2-4-6-13/h2-6,17H,7-11H2,1H3. The highest BCUT2D eigenvalue weighted by Gasteiger charge is 2.35. The maximum Gasteiger partial charge on any atom is 0.410 e. The Labute approximate surface area is 119 Å². The van der Waals surface area contributed by atoms with E-state index in [4.69, 9.17) is 4.74 Å². The number of carbonyl (C=O) groups is 1. The van der Waals surface area contributed by atoms with Crippen molar-refractivity contribution in [3.63, 3.8) is 0 Å². The number of hydrogen-bond acceptors (Lipinski definition) is 4. The molecule has 20 heavy (non-hydrogen) atoms. The maximum absolute atomic E-state index is 12.0. The summed E-state index contributed by atoms with van der Waals surface area (Å²) in [4.78, 5) is 13.6. The maximum atomic E-state index is 12.0. The molecule has 0 bridgehead atoms. The smallest absolute Gasteiger partial charge is 0.410 e.